The molecule has 7 nitrogen and oxygen atoms in total. The van der Waals surface area contributed by atoms with E-state index in [0.717, 1.165) is 17.9 Å². The van der Waals surface area contributed by atoms with E-state index in [4.69, 9.17) is 9.47 Å². The van der Waals surface area contributed by atoms with Crippen molar-refractivity contribution in [1.82, 2.24) is 10.2 Å². The maximum absolute atomic E-state index is 12.0. The molecule has 7 heteroatoms. The second-order valence-electron chi connectivity index (χ2n) is 6.29. The first-order valence-electron chi connectivity index (χ1n) is 9.41. The molecular weight excluding hydrogens is 368 g/mol. The number of benzene rings is 2. The van der Waals surface area contributed by atoms with E-state index in [9.17, 15) is 4.79 Å². The van der Waals surface area contributed by atoms with E-state index >= 15 is 0 Å². The average Bonchev–Trinajstić information content (AvgIpc) is 2.76. The van der Waals surface area contributed by atoms with E-state index in [1.165, 1.54) is 5.56 Å². The lowest BCUT2D eigenvalue weighted by atomic mass is 10.1. The smallest absolute Gasteiger partial charge is 0.229 e. The highest BCUT2D eigenvalue weighted by Gasteiger charge is 2.05. The zero-order valence-electron chi connectivity index (χ0n) is 16.3. The fourth-order valence-electron chi connectivity index (χ4n) is 2.64. The standard InChI is InChI=1S/C22H24N4O3/c1-28-19-9-5-6-17(16-19)12-14-23-20-10-11-21(26-25-20)24-22(27)13-15-29-18-7-3-2-4-8-18/h2-11,16H,12-15H2,1H3,(H,23,25)(H,24,26,27). The van der Waals surface area contributed by atoms with Crippen LogP contribution in [0, 0.1) is 0 Å². The molecule has 29 heavy (non-hydrogen) atoms. The minimum absolute atomic E-state index is 0.172. The second kappa shape index (κ2) is 10.7. The molecule has 3 rings (SSSR count). The maximum atomic E-state index is 12.0. The largest absolute Gasteiger partial charge is 0.497 e. The number of carbonyl (C=O) groups excluding carboxylic acids is 1. The summed E-state index contributed by atoms with van der Waals surface area (Å²) in [4.78, 5) is 12.0. The summed E-state index contributed by atoms with van der Waals surface area (Å²) in [6, 6.07) is 20.8. The molecule has 0 saturated heterocycles. The number of hydrogen-bond donors (Lipinski definition) is 2. The molecule has 0 spiro atoms. The van der Waals surface area contributed by atoms with Gasteiger partial charge in [-0.1, -0.05) is 30.3 Å². The molecule has 2 N–H and O–H groups in total. The Hall–Kier alpha value is -3.61. The Labute approximate surface area is 170 Å². The first-order chi connectivity index (χ1) is 14.2. The monoisotopic (exact) mass is 392 g/mol. The van der Waals surface area contributed by atoms with Crippen LogP contribution in [0.5, 0.6) is 11.5 Å². The molecule has 0 atom stereocenters. The molecule has 1 amide bonds. The van der Waals surface area contributed by atoms with Crippen LogP contribution in [0.3, 0.4) is 0 Å². The summed E-state index contributed by atoms with van der Waals surface area (Å²) in [5, 5.41) is 14.1. The van der Waals surface area contributed by atoms with Gasteiger partial charge in [-0.05, 0) is 48.4 Å². The SMILES string of the molecule is COc1cccc(CCNc2ccc(NC(=O)CCOc3ccccc3)nn2)c1. The van der Waals surface area contributed by atoms with Crippen LogP contribution in [0.1, 0.15) is 12.0 Å². The third-order valence-electron chi connectivity index (χ3n) is 4.13. The van der Waals surface area contributed by atoms with Crippen LogP contribution in [0.25, 0.3) is 0 Å². The van der Waals surface area contributed by atoms with Gasteiger partial charge in [-0.2, -0.15) is 0 Å². The number of para-hydroxylation sites is 1. The van der Waals surface area contributed by atoms with Crippen molar-refractivity contribution in [3.8, 4) is 11.5 Å². The number of hydrogen-bond acceptors (Lipinski definition) is 6. The Morgan fingerprint density at radius 1 is 0.931 bits per heavy atom. The Bertz CT molecular complexity index is 901. The highest BCUT2D eigenvalue weighted by Crippen LogP contribution is 2.13. The summed E-state index contributed by atoms with van der Waals surface area (Å²) in [6.45, 7) is 1.01. The van der Waals surface area contributed by atoms with E-state index in [1.807, 2.05) is 48.5 Å². The Kier molecular flexibility index (Phi) is 7.40. The van der Waals surface area contributed by atoms with Gasteiger partial charge in [-0.25, -0.2) is 0 Å². The van der Waals surface area contributed by atoms with Gasteiger partial charge in [0, 0.05) is 6.54 Å². The number of ether oxygens (including phenoxy) is 2. The van der Waals surface area contributed by atoms with E-state index in [1.54, 1.807) is 19.2 Å². The molecule has 0 aliphatic heterocycles. The lowest BCUT2D eigenvalue weighted by Gasteiger charge is -2.08. The van der Waals surface area contributed by atoms with Gasteiger partial charge in [-0.15, -0.1) is 10.2 Å². The molecule has 0 aliphatic carbocycles. The number of amides is 1. The van der Waals surface area contributed by atoms with Crippen LogP contribution in [-0.2, 0) is 11.2 Å². The minimum Gasteiger partial charge on any atom is -0.497 e. The van der Waals surface area contributed by atoms with Crippen molar-refractivity contribution >= 4 is 17.5 Å². The molecule has 0 fully saturated rings. The highest BCUT2D eigenvalue weighted by atomic mass is 16.5. The first-order valence-corrected chi connectivity index (χ1v) is 9.41. The zero-order chi connectivity index (χ0) is 20.3. The van der Waals surface area contributed by atoms with Crippen LogP contribution >= 0.6 is 0 Å². The molecular formula is C22H24N4O3. The van der Waals surface area contributed by atoms with Gasteiger partial charge in [-0.3, -0.25) is 4.79 Å². The summed E-state index contributed by atoms with van der Waals surface area (Å²) in [7, 11) is 1.66. The van der Waals surface area contributed by atoms with Gasteiger partial charge in [0.05, 0.1) is 20.1 Å². The second-order valence-corrected chi connectivity index (χ2v) is 6.29. The van der Waals surface area contributed by atoms with Gasteiger partial charge in [0.1, 0.15) is 17.3 Å². The molecule has 0 radical (unpaired) electrons. The van der Waals surface area contributed by atoms with Crippen LogP contribution < -0.4 is 20.1 Å². The van der Waals surface area contributed by atoms with E-state index in [2.05, 4.69) is 26.9 Å². The summed E-state index contributed by atoms with van der Waals surface area (Å²) >= 11 is 0. The maximum Gasteiger partial charge on any atom is 0.229 e. The van der Waals surface area contributed by atoms with Gasteiger partial charge in [0.25, 0.3) is 0 Å². The Morgan fingerprint density at radius 3 is 2.45 bits per heavy atom. The summed E-state index contributed by atoms with van der Waals surface area (Å²) in [6.07, 6.45) is 1.07. The summed E-state index contributed by atoms with van der Waals surface area (Å²) < 4.78 is 10.7. The fourth-order valence-corrected chi connectivity index (χ4v) is 2.64. The molecule has 0 saturated carbocycles. The molecule has 0 aliphatic rings. The third-order valence-corrected chi connectivity index (χ3v) is 4.13. The number of nitrogens with zero attached hydrogens (tertiary/aromatic N) is 2. The minimum atomic E-state index is -0.172. The first kappa shape index (κ1) is 20.1. The van der Waals surface area contributed by atoms with Crippen molar-refractivity contribution in [1.29, 1.82) is 0 Å². The topological polar surface area (TPSA) is 85.4 Å². The summed E-state index contributed by atoms with van der Waals surface area (Å²) in [5.74, 6) is 2.47. The molecule has 150 valence electrons. The highest BCUT2D eigenvalue weighted by molar-refractivity contribution is 5.89. The predicted molar refractivity (Wildman–Crippen MR) is 112 cm³/mol. The fraction of sp³-hybridized carbons (Fsp3) is 0.227. The Balaban J connectivity index is 1.38. The van der Waals surface area contributed by atoms with Crippen molar-refractivity contribution in [2.24, 2.45) is 0 Å². The summed E-state index contributed by atoms with van der Waals surface area (Å²) in [5.41, 5.74) is 1.17. The van der Waals surface area contributed by atoms with Crippen LogP contribution in [-0.4, -0.2) is 36.4 Å². The van der Waals surface area contributed by atoms with Crippen molar-refractivity contribution in [3.05, 3.63) is 72.3 Å². The van der Waals surface area contributed by atoms with Crippen LogP contribution in [0.2, 0.25) is 0 Å². The van der Waals surface area contributed by atoms with Crippen LogP contribution in [0.15, 0.2) is 66.7 Å². The number of aromatic nitrogens is 2. The van der Waals surface area contributed by atoms with Crippen molar-refractivity contribution < 1.29 is 14.3 Å². The van der Waals surface area contributed by atoms with E-state index < -0.39 is 0 Å². The number of rotatable bonds is 10. The van der Waals surface area contributed by atoms with Crippen molar-refractivity contribution in [2.75, 3.05) is 30.9 Å². The molecule has 0 bridgehead atoms. The van der Waals surface area contributed by atoms with E-state index in [-0.39, 0.29) is 12.3 Å². The zero-order valence-corrected chi connectivity index (χ0v) is 16.3. The lowest BCUT2D eigenvalue weighted by molar-refractivity contribution is -0.116. The normalized spacial score (nSPS) is 10.2. The van der Waals surface area contributed by atoms with E-state index in [0.29, 0.717) is 24.8 Å². The third kappa shape index (κ3) is 6.80. The average molecular weight is 392 g/mol. The molecule has 0 unspecified atom stereocenters. The molecule has 1 aromatic heterocycles. The van der Waals surface area contributed by atoms with Crippen LogP contribution in [0.4, 0.5) is 11.6 Å². The lowest BCUT2D eigenvalue weighted by Crippen LogP contribution is -2.16. The van der Waals surface area contributed by atoms with Crippen molar-refractivity contribution in [2.45, 2.75) is 12.8 Å². The Morgan fingerprint density at radius 2 is 1.69 bits per heavy atom. The molecule has 3 aromatic rings. The predicted octanol–water partition coefficient (Wildman–Crippen LogP) is 3.55. The van der Waals surface area contributed by atoms with Gasteiger partial charge in [0.2, 0.25) is 5.91 Å². The molecule has 1 heterocycles. The van der Waals surface area contributed by atoms with Crippen molar-refractivity contribution in [3.63, 3.8) is 0 Å². The van der Waals surface area contributed by atoms with Gasteiger partial charge < -0.3 is 20.1 Å². The number of methoxy groups -OCH3 is 1. The van der Waals surface area contributed by atoms with Gasteiger partial charge >= 0.3 is 0 Å². The van der Waals surface area contributed by atoms with Gasteiger partial charge in [0.15, 0.2) is 5.82 Å². The quantitative estimate of drug-likeness (QED) is 0.549. The number of anilines is 2. The molecule has 2 aromatic carbocycles. The number of nitrogens with one attached hydrogen (secondary N) is 2. The number of carbonyl (C=O) groups is 1.